The highest BCUT2D eigenvalue weighted by Gasteiger charge is 2.16. The summed E-state index contributed by atoms with van der Waals surface area (Å²) in [7, 11) is 2.89. The van der Waals surface area contributed by atoms with Gasteiger partial charge < -0.3 is 19.9 Å². The number of alkyl halides is 2. The van der Waals surface area contributed by atoms with Crippen LogP contribution in [0.25, 0.3) is 0 Å². The number of benzene rings is 1. The molecule has 0 aromatic heterocycles. The Morgan fingerprint density at radius 2 is 1.68 bits per heavy atom. The van der Waals surface area contributed by atoms with Crippen LogP contribution in [0.3, 0.4) is 0 Å². The van der Waals surface area contributed by atoms with E-state index in [0.717, 1.165) is 5.56 Å². The van der Waals surface area contributed by atoms with E-state index < -0.39 is 13.0 Å². The molecule has 0 radical (unpaired) electrons. The zero-order chi connectivity index (χ0) is 14.4. The van der Waals surface area contributed by atoms with E-state index in [-0.39, 0.29) is 11.8 Å². The Kier molecular flexibility index (Phi) is 5.82. The van der Waals surface area contributed by atoms with Crippen LogP contribution >= 0.6 is 0 Å². The molecule has 1 atom stereocenters. The first kappa shape index (κ1) is 15.5. The number of hydrogen-bond acceptors (Lipinski definition) is 4. The van der Waals surface area contributed by atoms with Crippen LogP contribution < -0.4 is 19.9 Å². The van der Waals surface area contributed by atoms with Gasteiger partial charge in [0, 0.05) is 6.04 Å². The van der Waals surface area contributed by atoms with Crippen LogP contribution in [0.4, 0.5) is 8.78 Å². The zero-order valence-corrected chi connectivity index (χ0v) is 11.3. The fourth-order valence-corrected chi connectivity index (χ4v) is 1.71. The lowest BCUT2D eigenvalue weighted by Crippen LogP contribution is -2.18. The standard InChI is InChI=1S/C13H19F2NO3/c1-8(16)4-9-5-10(17-2)13(11(6-9)18-3)19-7-12(14)15/h5-6,8,12H,4,7,16H2,1-3H3. The van der Waals surface area contributed by atoms with Gasteiger partial charge >= 0.3 is 0 Å². The maximum atomic E-state index is 12.2. The van der Waals surface area contributed by atoms with Crippen molar-refractivity contribution < 1.29 is 23.0 Å². The van der Waals surface area contributed by atoms with Crippen LogP contribution in [0.15, 0.2) is 12.1 Å². The predicted molar refractivity (Wildman–Crippen MR) is 68.4 cm³/mol. The van der Waals surface area contributed by atoms with Gasteiger partial charge in [-0.3, -0.25) is 0 Å². The number of nitrogens with two attached hydrogens (primary N) is 1. The summed E-state index contributed by atoms with van der Waals surface area (Å²) in [6, 6.07) is 3.40. The largest absolute Gasteiger partial charge is 0.493 e. The second-order valence-electron chi connectivity index (χ2n) is 4.21. The van der Waals surface area contributed by atoms with Gasteiger partial charge in [-0.25, -0.2) is 8.78 Å². The fourth-order valence-electron chi connectivity index (χ4n) is 1.71. The molecule has 0 fully saturated rings. The molecular formula is C13H19F2NO3. The SMILES string of the molecule is COc1cc(CC(C)N)cc(OC)c1OCC(F)F. The van der Waals surface area contributed by atoms with E-state index in [1.165, 1.54) is 14.2 Å². The van der Waals surface area contributed by atoms with E-state index in [2.05, 4.69) is 0 Å². The summed E-state index contributed by atoms with van der Waals surface area (Å²) in [6.07, 6.45) is -1.93. The minimum Gasteiger partial charge on any atom is -0.493 e. The highest BCUT2D eigenvalue weighted by molar-refractivity contribution is 5.54. The molecular weight excluding hydrogens is 256 g/mol. The molecule has 19 heavy (non-hydrogen) atoms. The summed E-state index contributed by atoms with van der Waals surface area (Å²) in [4.78, 5) is 0. The van der Waals surface area contributed by atoms with Crippen molar-refractivity contribution in [3.63, 3.8) is 0 Å². The highest BCUT2D eigenvalue weighted by atomic mass is 19.3. The molecule has 0 saturated carbocycles. The van der Waals surface area contributed by atoms with Gasteiger partial charge in [-0.05, 0) is 31.0 Å². The average Bonchev–Trinajstić information content (AvgIpc) is 2.35. The highest BCUT2D eigenvalue weighted by Crippen LogP contribution is 2.39. The molecule has 4 nitrogen and oxygen atoms in total. The van der Waals surface area contributed by atoms with Crippen LogP contribution in [-0.4, -0.2) is 33.3 Å². The molecule has 1 unspecified atom stereocenters. The van der Waals surface area contributed by atoms with Crippen molar-refractivity contribution in [1.29, 1.82) is 0 Å². The van der Waals surface area contributed by atoms with E-state index in [4.69, 9.17) is 19.9 Å². The molecule has 0 aliphatic rings. The van der Waals surface area contributed by atoms with E-state index in [0.29, 0.717) is 17.9 Å². The first-order valence-electron chi connectivity index (χ1n) is 5.89. The topological polar surface area (TPSA) is 53.7 Å². The van der Waals surface area contributed by atoms with Gasteiger partial charge in [0.15, 0.2) is 11.5 Å². The van der Waals surface area contributed by atoms with E-state index in [1.54, 1.807) is 12.1 Å². The maximum Gasteiger partial charge on any atom is 0.272 e. The Morgan fingerprint density at radius 3 is 2.05 bits per heavy atom. The summed E-state index contributed by atoms with van der Waals surface area (Å²) in [5.74, 6) is 0.894. The smallest absolute Gasteiger partial charge is 0.272 e. The van der Waals surface area contributed by atoms with Gasteiger partial charge in [0.1, 0.15) is 6.61 Å². The second kappa shape index (κ2) is 7.13. The third-order valence-corrected chi connectivity index (χ3v) is 2.43. The molecule has 2 N–H and O–H groups in total. The van der Waals surface area contributed by atoms with E-state index in [1.807, 2.05) is 6.92 Å². The molecule has 6 heteroatoms. The third kappa shape index (κ3) is 4.55. The van der Waals surface area contributed by atoms with Crippen LogP contribution in [0.2, 0.25) is 0 Å². The van der Waals surface area contributed by atoms with Crippen molar-refractivity contribution in [2.45, 2.75) is 25.8 Å². The van der Waals surface area contributed by atoms with Gasteiger partial charge in [-0.2, -0.15) is 0 Å². The van der Waals surface area contributed by atoms with Crippen molar-refractivity contribution in [2.75, 3.05) is 20.8 Å². The molecule has 1 aromatic rings. The first-order chi connectivity index (χ1) is 8.97. The number of hydrogen-bond donors (Lipinski definition) is 1. The lowest BCUT2D eigenvalue weighted by Gasteiger charge is -2.16. The number of methoxy groups -OCH3 is 2. The van der Waals surface area contributed by atoms with Crippen molar-refractivity contribution in [1.82, 2.24) is 0 Å². The zero-order valence-electron chi connectivity index (χ0n) is 11.3. The second-order valence-corrected chi connectivity index (χ2v) is 4.21. The number of rotatable bonds is 7. The maximum absolute atomic E-state index is 12.2. The van der Waals surface area contributed by atoms with Crippen molar-refractivity contribution >= 4 is 0 Å². The molecule has 1 aromatic carbocycles. The number of ether oxygens (including phenoxy) is 3. The molecule has 0 aliphatic carbocycles. The summed E-state index contributed by atoms with van der Waals surface area (Å²) in [5.41, 5.74) is 6.63. The third-order valence-electron chi connectivity index (χ3n) is 2.43. The minimum absolute atomic E-state index is 0.0257. The van der Waals surface area contributed by atoms with Gasteiger partial charge in [0.2, 0.25) is 5.75 Å². The Labute approximate surface area is 111 Å². The average molecular weight is 275 g/mol. The fraction of sp³-hybridized carbons (Fsp3) is 0.538. The van der Waals surface area contributed by atoms with Gasteiger partial charge in [-0.15, -0.1) is 0 Å². The summed E-state index contributed by atoms with van der Waals surface area (Å²) in [6.45, 7) is 1.17. The van der Waals surface area contributed by atoms with Crippen molar-refractivity contribution in [3.8, 4) is 17.2 Å². The Balaban J connectivity index is 3.06. The Bertz CT molecular complexity index is 386. The molecule has 0 heterocycles. The lowest BCUT2D eigenvalue weighted by atomic mass is 10.1. The molecule has 0 bridgehead atoms. The Morgan fingerprint density at radius 1 is 1.16 bits per heavy atom. The van der Waals surface area contributed by atoms with Crippen LogP contribution in [0.5, 0.6) is 17.2 Å². The van der Waals surface area contributed by atoms with Crippen molar-refractivity contribution in [3.05, 3.63) is 17.7 Å². The van der Waals surface area contributed by atoms with Crippen LogP contribution in [0.1, 0.15) is 12.5 Å². The van der Waals surface area contributed by atoms with Gasteiger partial charge in [-0.1, -0.05) is 0 Å². The number of halogens is 2. The quantitative estimate of drug-likeness (QED) is 0.829. The van der Waals surface area contributed by atoms with Crippen LogP contribution in [-0.2, 0) is 6.42 Å². The molecule has 1 rings (SSSR count). The normalized spacial score (nSPS) is 12.4. The first-order valence-corrected chi connectivity index (χ1v) is 5.89. The lowest BCUT2D eigenvalue weighted by molar-refractivity contribution is 0.0789. The van der Waals surface area contributed by atoms with E-state index in [9.17, 15) is 8.78 Å². The summed E-state index contributed by atoms with van der Waals surface area (Å²) in [5, 5.41) is 0. The van der Waals surface area contributed by atoms with Gasteiger partial charge in [0.25, 0.3) is 6.43 Å². The van der Waals surface area contributed by atoms with Gasteiger partial charge in [0.05, 0.1) is 14.2 Å². The Hall–Kier alpha value is -1.56. The molecule has 0 saturated heterocycles. The van der Waals surface area contributed by atoms with Crippen molar-refractivity contribution in [2.24, 2.45) is 5.73 Å². The minimum atomic E-state index is -2.56. The molecule has 0 spiro atoms. The monoisotopic (exact) mass is 275 g/mol. The molecule has 0 aliphatic heterocycles. The summed E-state index contributed by atoms with van der Waals surface area (Å²) < 4.78 is 39.8. The molecule has 0 amide bonds. The van der Waals surface area contributed by atoms with E-state index >= 15 is 0 Å². The molecule has 108 valence electrons. The summed E-state index contributed by atoms with van der Waals surface area (Å²) >= 11 is 0. The predicted octanol–water partition coefficient (Wildman–Crippen LogP) is 2.24. The van der Waals surface area contributed by atoms with Crippen LogP contribution in [0, 0.1) is 0 Å².